The Bertz CT molecular complexity index is 861. The molecule has 152 valence electrons. The maximum atomic E-state index is 12.8. The minimum Gasteiger partial charge on any atom is -0.464 e. The van der Waals surface area contributed by atoms with Crippen LogP contribution in [0.1, 0.15) is 34.1 Å². The monoisotopic (exact) mass is 407 g/mol. The fraction of sp³-hybridized carbons (Fsp3) is 0.333. The second-order valence-electron chi connectivity index (χ2n) is 8.44. The average Bonchev–Trinajstić information content (AvgIpc) is 3.07. The number of carbonyl (C=O) groups excluding carboxylic acids is 2. The minimum atomic E-state index is -2.51. The van der Waals surface area contributed by atoms with Gasteiger partial charge in [-0.25, -0.2) is 4.79 Å². The Hall–Kier alpha value is -2.66. The van der Waals surface area contributed by atoms with Crippen molar-refractivity contribution in [3.05, 3.63) is 71.9 Å². The van der Waals surface area contributed by atoms with Gasteiger partial charge in [-0.05, 0) is 22.3 Å². The van der Waals surface area contributed by atoms with Gasteiger partial charge >= 0.3 is 5.97 Å². The topological polar surface area (TPSA) is 55.4 Å². The Morgan fingerprint density at radius 2 is 1.59 bits per heavy atom. The molecule has 1 unspecified atom stereocenters. The fourth-order valence-electron chi connectivity index (χ4n) is 4.20. The van der Waals surface area contributed by atoms with Gasteiger partial charge < -0.3 is 10.1 Å². The van der Waals surface area contributed by atoms with Crippen molar-refractivity contribution in [2.24, 2.45) is 0 Å². The summed E-state index contributed by atoms with van der Waals surface area (Å²) >= 11 is 0. The predicted octanol–water partition coefficient (Wildman–Crippen LogP) is 2.97. The molecular formula is C24H29NO3Si. The lowest BCUT2D eigenvalue weighted by Crippen LogP contribution is -2.63. The van der Waals surface area contributed by atoms with Crippen LogP contribution in [0.2, 0.25) is 5.04 Å². The van der Waals surface area contributed by atoms with Gasteiger partial charge in [0.1, 0.15) is 14.1 Å². The molecule has 0 aromatic heterocycles. The Kier molecular flexibility index (Phi) is 6.08. The first-order chi connectivity index (χ1) is 13.8. The van der Waals surface area contributed by atoms with Gasteiger partial charge in [0.25, 0.3) is 0 Å². The highest BCUT2D eigenvalue weighted by Crippen LogP contribution is 2.38. The first-order valence-electron chi connectivity index (χ1n) is 10.1. The summed E-state index contributed by atoms with van der Waals surface area (Å²) in [5.74, 6) is -0.539. The largest absolute Gasteiger partial charge is 0.464 e. The average molecular weight is 408 g/mol. The molecule has 1 N–H and O–H groups in total. The zero-order valence-electron chi connectivity index (χ0n) is 17.6. The summed E-state index contributed by atoms with van der Waals surface area (Å²) in [6.45, 7) is 8.80. The van der Waals surface area contributed by atoms with Gasteiger partial charge in [-0.3, -0.25) is 4.79 Å². The first kappa shape index (κ1) is 21.1. The molecular weight excluding hydrogens is 378 g/mol. The van der Waals surface area contributed by atoms with Gasteiger partial charge in [-0.1, -0.05) is 87.1 Å². The highest BCUT2D eigenvalue weighted by atomic mass is 28.3. The number of carbonyl (C=O) groups is 2. The molecule has 0 aliphatic carbocycles. The van der Waals surface area contributed by atoms with E-state index in [4.69, 9.17) is 4.74 Å². The lowest BCUT2D eigenvalue weighted by Gasteiger charge is -2.42. The second-order valence-corrected chi connectivity index (χ2v) is 13.0. The molecule has 1 saturated heterocycles. The normalized spacial score (nSPS) is 18.6. The summed E-state index contributed by atoms with van der Waals surface area (Å²) in [4.78, 5) is 25.0. The summed E-state index contributed by atoms with van der Waals surface area (Å²) in [6.07, 6.45) is 0.363. The fourth-order valence-corrected chi connectivity index (χ4v) is 9.24. The SMILES string of the molecule is CCOC(=O)C1C/C(=C\[Si](c2ccccc2)(c2ccccc2)C(C)(C)C)C(=O)N1. The van der Waals surface area contributed by atoms with E-state index in [1.165, 1.54) is 10.4 Å². The van der Waals surface area contributed by atoms with Crippen molar-refractivity contribution >= 4 is 30.3 Å². The van der Waals surface area contributed by atoms with Crippen LogP contribution in [-0.2, 0) is 14.3 Å². The van der Waals surface area contributed by atoms with Crippen molar-refractivity contribution in [3.8, 4) is 0 Å². The molecule has 3 rings (SSSR count). The van der Waals surface area contributed by atoms with E-state index < -0.39 is 14.1 Å². The molecule has 2 aromatic carbocycles. The smallest absolute Gasteiger partial charge is 0.328 e. The number of esters is 1. The molecule has 1 heterocycles. The highest BCUT2D eigenvalue weighted by Gasteiger charge is 2.47. The third-order valence-electron chi connectivity index (χ3n) is 5.62. The van der Waals surface area contributed by atoms with E-state index in [2.05, 4.69) is 80.3 Å². The van der Waals surface area contributed by atoms with Crippen LogP contribution >= 0.6 is 0 Å². The Balaban J connectivity index is 2.18. The van der Waals surface area contributed by atoms with Crippen molar-refractivity contribution in [2.75, 3.05) is 6.61 Å². The zero-order valence-corrected chi connectivity index (χ0v) is 18.6. The van der Waals surface area contributed by atoms with Gasteiger partial charge in [0.15, 0.2) is 0 Å². The van der Waals surface area contributed by atoms with Crippen molar-refractivity contribution in [1.82, 2.24) is 5.32 Å². The molecule has 1 aliphatic heterocycles. The van der Waals surface area contributed by atoms with Crippen LogP contribution in [0.3, 0.4) is 0 Å². The number of amides is 1. The Labute approximate surface area is 174 Å². The molecule has 5 heteroatoms. The number of hydrogen-bond donors (Lipinski definition) is 1. The van der Waals surface area contributed by atoms with Crippen LogP contribution in [0.4, 0.5) is 0 Å². The van der Waals surface area contributed by atoms with E-state index in [1.807, 2.05) is 12.1 Å². The molecule has 1 atom stereocenters. The minimum absolute atomic E-state index is 0.0923. The zero-order chi connectivity index (χ0) is 21.1. The molecule has 29 heavy (non-hydrogen) atoms. The standard InChI is InChI=1S/C24H29NO3Si/c1-5-28-23(27)21-16-18(22(26)25-21)17-29(24(2,3)4,19-12-8-6-9-13-19)20-14-10-7-11-15-20/h6-15,17,21H,5,16H2,1-4H3,(H,25,26)/b18-17+. The first-order valence-corrected chi connectivity index (χ1v) is 12.2. The Morgan fingerprint density at radius 1 is 1.07 bits per heavy atom. The lowest BCUT2D eigenvalue weighted by molar-refractivity contribution is -0.145. The van der Waals surface area contributed by atoms with Gasteiger partial charge in [0.05, 0.1) is 6.61 Å². The van der Waals surface area contributed by atoms with Gasteiger partial charge in [0.2, 0.25) is 5.91 Å². The molecule has 1 fully saturated rings. The number of hydrogen-bond acceptors (Lipinski definition) is 3. The van der Waals surface area contributed by atoms with E-state index in [0.29, 0.717) is 18.6 Å². The number of benzene rings is 2. The highest BCUT2D eigenvalue weighted by molar-refractivity contribution is 7.08. The quantitative estimate of drug-likeness (QED) is 0.471. The van der Waals surface area contributed by atoms with Crippen LogP contribution in [0.5, 0.6) is 0 Å². The summed E-state index contributed by atoms with van der Waals surface area (Å²) in [6, 6.07) is 20.3. The molecule has 1 aliphatic rings. The van der Waals surface area contributed by atoms with E-state index in [0.717, 1.165) is 0 Å². The van der Waals surface area contributed by atoms with E-state index in [1.54, 1.807) is 6.92 Å². The third kappa shape index (κ3) is 4.05. The van der Waals surface area contributed by atoms with Crippen LogP contribution in [0.25, 0.3) is 0 Å². The molecule has 0 spiro atoms. The van der Waals surface area contributed by atoms with E-state index >= 15 is 0 Å². The lowest BCUT2D eigenvalue weighted by atomic mass is 10.2. The van der Waals surface area contributed by atoms with Gasteiger partial charge in [-0.15, -0.1) is 0 Å². The Morgan fingerprint density at radius 3 is 2.03 bits per heavy atom. The number of ether oxygens (including phenoxy) is 1. The summed E-state index contributed by atoms with van der Waals surface area (Å²) in [5, 5.41) is 5.21. The predicted molar refractivity (Wildman–Crippen MR) is 119 cm³/mol. The maximum absolute atomic E-state index is 12.8. The van der Waals surface area contributed by atoms with Crippen molar-refractivity contribution in [3.63, 3.8) is 0 Å². The van der Waals surface area contributed by atoms with Crippen LogP contribution in [0, 0.1) is 0 Å². The van der Waals surface area contributed by atoms with Crippen molar-refractivity contribution < 1.29 is 14.3 Å². The summed E-state index contributed by atoms with van der Waals surface area (Å²) in [5.41, 5.74) is 2.88. The molecule has 0 radical (unpaired) electrons. The molecule has 0 saturated carbocycles. The van der Waals surface area contributed by atoms with E-state index in [-0.39, 0.29) is 16.9 Å². The van der Waals surface area contributed by atoms with Crippen molar-refractivity contribution in [1.29, 1.82) is 0 Å². The van der Waals surface area contributed by atoms with Crippen molar-refractivity contribution in [2.45, 2.75) is 45.2 Å². The maximum Gasteiger partial charge on any atom is 0.328 e. The summed E-state index contributed by atoms with van der Waals surface area (Å²) in [7, 11) is -2.51. The van der Waals surface area contributed by atoms with Crippen LogP contribution in [0.15, 0.2) is 71.9 Å². The summed E-state index contributed by atoms with van der Waals surface area (Å²) < 4.78 is 5.12. The number of nitrogens with one attached hydrogen (secondary N) is 1. The van der Waals surface area contributed by atoms with Crippen LogP contribution in [-0.4, -0.2) is 32.6 Å². The molecule has 1 amide bonds. The molecule has 4 nitrogen and oxygen atoms in total. The third-order valence-corrected chi connectivity index (χ3v) is 11.3. The molecule has 0 bridgehead atoms. The van der Waals surface area contributed by atoms with Crippen LogP contribution < -0.4 is 15.7 Å². The van der Waals surface area contributed by atoms with Gasteiger partial charge in [-0.2, -0.15) is 0 Å². The molecule has 2 aromatic rings. The number of rotatable bonds is 5. The second kappa shape index (κ2) is 8.37. The van der Waals surface area contributed by atoms with Gasteiger partial charge in [0, 0.05) is 12.0 Å². The van der Waals surface area contributed by atoms with E-state index in [9.17, 15) is 9.59 Å².